The molecule has 0 radical (unpaired) electrons. The van der Waals surface area contributed by atoms with Crippen LogP contribution in [0.5, 0.6) is 0 Å². The number of benzene rings is 1. The topological polar surface area (TPSA) is 112 Å². The molecule has 36 heavy (non-hydrogen) atoms. The molecule has 0 bridgehead atoms. The number of carboxylic acid groups (broad SMARTS) is 1. The maximum atomic E-state index is 12.9. The summed E-state index contributed by atoms with van der Waals surface area (Å²) >= 11 is 0. The molecule has 190 valence electrons. The summed E-state index contributed by atoms with van der Waals surface area (Å²) in [6.45, 7) is 3.55. The first kappa shape index (κ1) is 24.2. The average molecular weight is 491 g/mol. The monoisotopic (exact) mass is 490 g/mol. The van der Waals surface area contributed by atoms with Gasteiger partial charge in [0.2, 0.25) is 0 Å². The molecule has 9 nitrogen and oxygen atoms in total. The number of aromatic nitrogens is 3. The standard InChI is InChI=1S/C27H34N6O3/c1-32-24-20(16-29-32)4-2-6-22(24)26(34)31-23(27(35)36)12-15-33-14-11-18(17-33)7-9-21-10-8-19-5-3-13-28-25(19)30-21/h2,4,6,8,10,16,18,23H,3,5,7,9,11-15,17H2,1H3,(H,28,30)(H,31,34)(H,35,36)/t18-,23?/m0/s1. The molecule has 1 aromatic carbocycles. The number of amides is 1. The number of nitrogens with one attached hydrogen (secondary N) is 2. The van der Waals surface area contributed by atoms with Crippen molar-refractivity contribution in [3.05, 3.63) is 53.3 Å². The summed E-state index contributed by atoms with van der Waals surface area (Å²) in [5.74, 6) is 0.232. The molecule has 0 spiro atoms. The van der Waals surface area contributed by atoms with E-state index in [9.17, 15) is 14.7 Å². The van der Waals surface area contributed by atoms with Crippen molar-refractivity contribution in [2.24, 2.45) is 13.0 Å². The summed E-state index contributed by atoms with van der Waals surface area (Å²) in [5, 5.41) is 20.9. The van der Waals surface area contributed by atoms with Gasteiger partial charge in [0.1, 0.15) is 11.9 Å². The molecule has 1 unspecified atom stereocenters. The lowest BCUT2D eigenvalue weighted by Crippen LogP contribution is -2.43. The molecular formula is C27H34N6O3. The Balaban J connectivity index is 1.11. The Bertz CT molecular complexity index is 1260. The van der Waals surface area contributed by atoms with Gasteiger partial charge in [0.25, 0.3) is 5.91 Å². The second-order valence-corrected chi connectivity index (χ2v) is 10.00. The Morgan fingerprint density at radius 1 is 1.28 bits per heavy atom. The van der Waals surface area contributed by atoms with Gasteiger partial charge in [-0.3, -0.25) is 9.48 Å². The van der Waals surface area contributed by atoms with Gasteiger partial charge in [-0.2, -0.15) is 5.10 Å². The number of para-hydroxylation sites is 1. The van der Waals surface area contributed by atoms with Crippen LogP contribution in [0.2, 0.25) is 0 Å². The van der Waals surface area contributed by atoms with E-state index in [1.54, 1.807) is 30.1 Å². The molecule has 2 aromatic heterocycles. The Morgan fingerprint density at radius 3 is 3.03 bits per heavy atom. The number of hydrogen-bond donors (Lipinski definition) is 3. The van der Waals surface area contributed by atoms with Crippen LogP contribution in [-0.4, -0.2) is 68.9 Å². The summed E-state index contributed by atoms with van der Waals surface area (Å²) in [4.78, 5) is 32.0. The van der Waals surface area contributed by atoms with E-state index in [0.717, 1.165) is 62.2 Å². The zero-order valence-electron chi connectivity index (χ0n) is 20.7. The highest BCUT2D eigenvalue weighted by atomic mass is 16.4. The van der Waals surface area contributed by atoms with Crippen LogP contribution in [-0.2, 0) is 24.7 Å². The van der Waals surface area contributed by atoms with E-state index >= 15 is 0 Å². The maximum Gasteiger partial charge on any atom is 0.326 e. The van der Waals surface area contributed by atoms with Crippen molar-refractivity contribution >= 4 is 28.6 Å². The molecule has 2 atom stereocenters. The summed E-state index contributed by atoms with van der Waals surface area (Å²) in [7, 11) is 1.77. The first-order chi connectivity index (χ1) is 17.5. The molecule has 9 heteroatoms. The van der Waals surface area contributed by atoms with Crippen molar-refractivity contribution in [3.63, 3.8) is 0 Å². The summed E-state index contributed by atoms with van der Waals surface area (Å²) < 4.78 is 1.64. The number of carbonyl (C=O) groups is 2. The third kappa shape index (κ3) is 5.36. The van der Waals surface area contributed by atoms with Gasteiger partial charge in [0, 0.05) is 37.8 Å². The zero-order chi connectivity index (χ0) is 25.1. The molecule has 3 aromatic rings. The number of aliphatic carboxylic acids is 1. The smallest absolute Gasteiger partial charge is 0.326 e. The van der Waals surface area contributed by atoms with E-state index in [0.29, 0.717) is 30.0 Å². The molecule has 0 aliphatic carbocycles. The number of anilines is 1. The zero-order valence-corrected chi connectivity index (χ0v) is 20.7. The van der Waals surface area contributed by atoms with Gasteiger partial charge < -0.3 is 20.6 Å². The van der Waals surface area contributed by atoms with Gasteiger partial charge >= 0.3 is 5.97 Å². The Kier molecular flexibility index (Phi) is 7.18. The van der Waals surface area contributed by atoms with Crippen LogP contribution in [0.1, 0.15) is 47.3 Å². The number of likely N-dealkylation sites (tertiary alicyclic amines) is 1. The molecular weight excluding hydrogens is 456 g/mol. The second-order valence-electron chi connectivity index (χ2n) is 10.00. The predicted octanol–water partition coefficient (Wildman–Crippen LogP) is 2.85. The van der Waals surface area contributed by atoms with Gasteiger partial charge in [-0.25, -0.2) is 9.78 Å². The molecule has 3 N–H and O–H groups in total. The average Bonchev–Trinajstić information content (AvgIpc) is 3.51. The van der Waals surface area contributed by atoms with Gasteiger partial charge in [0.15, 0.2) is 0 Å². The molecule has 5 rings (SSSR count). The molecule has 0 saturated carbocycles. The molecule has 2 aliphatic rings. The molecule has 1 fully saturated rings. The lowest BCUT2D eigenvalue weighted by atomic mass is 10.00. The lowest BCUT2D eigenvalue weighted by molar-refractivity contribution is -0.139. The van der Waals surface area contributed by atoms with Crippen molar-refractivity contribution in [3.8, 4) is 0 Å². The number of carboxylic acids is 1. The van der Waals surface area contributed by atoms with Crippen LogP contribution >= 0.6 is 0 Å². The quantitative estimate of drug-likeness (QED) is 0.423. The van der Waals surface area contributed by atoms with Crippen molar-refractivity contribution in [2.45, 2.75) is 44.6 Å². The van der Waals surface area contributed by atoms with Gasteiger partial charge in [-0.15, -0.1) is 0 Å². The van der Waals surface area contributed by atoms with Crippen molar-refractivity contribution in [1.82, 2.24) is 25.0 Å². The lowest BCUT2D eigenvalue weighted by Gasteiger charge is -2.20. The van der Waals surface area contributed by atoms with E-state index in [1.165, 1.54) is 12.0 Å². The molecule has 1 amide bonds. The van der Waals surface area contributed by atoms with Crippen LogP contribution in [0.25, 0.3) is 10.9 Å². The van der Waals surface area contributed by atoms with Crippen LogP contribution in [0.4, 0.5) is 5.82 Å². The van der Waals surface area contributed by atoms with Crippen LogP contribution in [0.15, 0.2) is 36.5 Å². The summed E-state index contributed by atoms with van der Waals surface area (Å²) in [6.07, 6.45) is 7.48. The number of pyridine rings is 1. The highest BCUT2D eigenvalue weighted by Crippen LogP contribution is 2.24. The number of carbonyl (C=O) groups excluding carboxylic acids is 1. The highest BCUT2D eigenvalue weighted by Gasteiger charge is 2.27. The van der Waals surface area contributed by atoms with E-state index in [1.807, 2.05) is 6.07 Å². The van der Waals surface area contributed by atoms with Crippen LogP contribution in [0.3, 0.4) is 0 Å². The predicted molar refractivity (Wildman–Crippen MR) is 138 cm³/mol. The van der Waals surface area contributed by atoms with Crippen LogP contribution < -0.4 is 10.6 Å². The molecule has 2 aliphatic heterocycles. The Hall–Kier alpha value is -3.46. The number of rotatable bonds is 9. The van der Waals surface area contributed by atoms with E-state index in [-0.39, 0.29) is 5.91 Å². The Labute approximate surface area is 210 Å². The third-order valence-electron chi connectivity index (χ3n) is 7.47. The first-order valence-corrected chi connectivity index (χ1v) is 12.9. The minimum absolute atomic E-state index is 0.368. The highest BCUT2D eigenvalue weighted by molar-refractivity contribution is 6.06. The van der Waals surface area contributed by atoms with Crippen molar-refractivity contribution in [2.75, 3.05) is 31.5 Å². The van der Waals surface area contributed by atoms with E-state index < -0.39 is 12.0 Å². The summed E-state index contributed by atoms with van der Waals surface area (Å²) in [5.41, 5.74) is 3.59. The largest absolute Gasteiger partial charge is 0.480 e. The van der Waals surface area contributed by atoms with Crippen molar-refractivity contribution in [1.29, 1.82) is 0 Å². The second kappa shape index (κ2) is 10.7. The fraction of sp³-hybridized carbons (Fsp3) is 0.481. The van der Waals surface area contributed by atoms with E-state index in [4.69, 9.17) is 4.98 Å². The minimum Gasteiger partial charge on any atom is -0.480 e. The summed E-state index contributed by atoms with van der Waals surface area (Å²) in [6, 6.07) is 8.81. The molecule has 1 saturated heterocycles. The third-order valence-corrected chi connectivity index (χ3v) is 7.47. The van der Waals surface area contributed by atoms with E-state index in [2.05, 4.69) is 32.8 Å². The van der Waals surface area contributed by atoms with Crippen LogP contribution in [0, 0.1) is 5.92 Å². The maximum absolute atomic E-state index is 12.9. The fourth-order valence-electron chi connectivity index (χ4n) is 5.43. The van der Waals surface area contributed by atoms with Gasteiger partial charge in [-0.05, 0) is 68.7 Å². The Morgan fingerprint density at radius 2 is 2.17 bits per heavy atom. The fourth-order valence-corrected chi connectivity index (χ4v) is 5.43. The normalized spacial score (nSPS) is 18.5. The minimum atomic E-state index is -1.01. The number of fused-ring (bicyclic) bond motifs is 2. The van der Waals surface area contributed by atoms with Gasteiger partial charge in [-0.1, -0.05) is 18.2 Å². The SMILES string of the molecule is Cn1ncc2cccc(C(=O)NC(CCN3CC[C@H](CCc4ccc5c(n4)NCCC5)C3)C(=O)O)c21. The number of aryl methyl sites for hydroxylation is 3. The molecule has 4 heterocycles. The van der Waals surface area contributed by atoms with Crippen molar-refractivity contribution < 1.29 is 14.7 Å². The number of nitrogens with zero attached hydrogens (tertiary/aromatic N) is 4. The first-order valence-electron chi connectivity index (χ1n) is 12.9. The number of hydrogen-bond acceptors (Lipinski definition) is 6. The van der Waals surface area contributed by atoms with Gasteiger partial charge in [0.05, 0.1) is 17.3 Å².